The summed E-state index contributed by atoms with van der Waals surface area (Å²) in [5.41, 5.74) is 0.0206. The van der Waals surface area contributed by atoms with Gasteiger partial charge in [-0.1, -0.05) is 37.6 Å². The summed E-state index contributed by atoms with van der Waals surface area (Å²) in [5, 5.41) is 0.509. The molecule has 1 aliphatic heterocycles. The fourth-order valence-electron chi connectivity index (χ4n) is 3.94. The van der Waals surface area contributed by atoms with E-state index in [1.807, 2.05) is 6.92 Å². The molecule has 6 nitrogen and oxygen atoms in total. The third-order valence-corrected chi connectivity index (χ3v) is 7.18. The summed E-state index contributed by atoms with van der Waals surface area (Å²) in [7, 11) is -4.11. The van der Waals surface area contributed by atoms with Crippen molar-refractivity contribution in [2.45, 2.75) is 37.4 Å². The van der Waals surface area contributed by atoms with E-state index in [0.29, 0.717) is 12.0 Å². The first-order valence-corrected chi connectivity index (χ1v) is 12.1. The van der Waals surface area contributed by atoms with Crippen LogP contribution in [0, 0.1) is 0 Å². The number of amides is 2. The van der Waals surface area contributed by atoms with Crippen molar-refractivity contribution in [2.24, 2.45) is 0 Å². The van der Waals surface area contributed by atoms with Crippen LogP contribution in [0.5, 0.6) is 0 Å². The molecule has 0 atom stereocenters. The molecule has 4 rings (SSSR count). The second kappa shape index (κ2) is 8.84. The van der Waals surface area contributed by atoms with Crippen LogP contribution in [-0.2, 0) is 22.7 Å². The number of sulfonamides is 1. The second-order valence-electron chi connectivity index (χ2n) is 7.97. The minimum Gasteiger partial charge on any atom is -0.274 e. The number of carbonyl (C=O) groups is 2. The molecule has 0 radical (unpaired) electrons. The van der Waals surface area contributed by atoms with Crippen LogP contribution in [0.25, 0.3) is 10.8 Å². The first kappa shape index (κ1) is 23.9. The van der Waals surface area contributed by atoms with Crippen LogP contribution in [0.2, 0.25) is 0 Å². The Morgan fingerprint density at radius 1 is 0.912 bits per heavy atom. The number of unbranched alkanes of at least 4 members (excludes halogenated alkanes) is 1. The van der Waals surface area contributed by atoms with Gasteiger partial charge in [0.05, 0.1) is 10.5 Å². The molecule has 3 aromatic carbocycles. The highest BCUT2D eigenvalue weighted by atomic mass is 32.2. The monoisotopic (exact) mass is 490 g/mol. The van der Waals surface area contributed by atoms with Crippen molar-refractivity contribution in [2.75, 3.05) is 6.54 Å². The normalized spacial score (nSPS) is 14.2. The van der Waals surface area contributed by atoms with Crippen LogP contribution in [0.1, 0.15) is 51.6 Å². The molecule has 2 amide bonds. The third-order valence-electron chi connectivity index (χ3n) is 5.72. The van der Waals surface area contributed by atoms with Crippen molar-refractivity contribution in [3.05, 3.63) is 76.9 Å². The van der Waals surface area contributed by atoms with Gasteiger partial charge in [-0.25, -0.2) is 13.1 Å². The maximum atomic E-state index is 13.1. The lowest BCUT2D eigenvalue weighted by Gasteiger charge is -2.27. The Morgan fingerprint density at radius 3 is 2.18 bits per heavy atom. The van der Waals surface area contributed by atoms with Crippen molar-refractivity contribution in [1.82, 2.24) is 9.62 Å². The SMILES string of the molecule is CCCCN1C(=O)c2cccc3c(S(=O)(=O)NCc4ccc(C(F)(F)F)cc4)ccc(c23)C1=O. The smallest absolute Gasteiger partial charge is 0.274 e. The highest BCUT2D eigenvalue weighted by molar-refractivity contribution is 7.89. The number of alkyl halides is 3. The van der Waals surface area contributed by atoms with Gasteiger partial charge in [0.2, 0.25) is 10.0 Å². The van der Waals surface area contributed by atoms with E-state index in [4.69, 9.17) is 0 Å². The first-order valence-electron chi connectivity index (χ1n) is 10.6. The van der Waals surface area contributed by atoms with Gasteiger partial charge >= 0.3 is 6.18 Å². The lowest BCUT2D eigenvalue weighted by Crippen LogP contribution is -2.41. The molecule has 0 bridgehead atoms. The highest BCUT2D eigenvalue weighted by Crippen LogP contribution is 2.34. The Morgan fingerprint density at radius 2 is 1.56 bits per heavy atom. The lowest BCUT2D eigenvalue weighted by atomic mass is 9.94. The van der Waals surface area contributed by atoms with E-state index in [9.17, 15) is 31.2 Å². The Labute approximate surface area is 194 Å². The van der Waals surface area contributed by atoms with E-state index in [-0.39, 0.29) is 39.9 Å². The van der Waals surface area contributed by atoms with Gasteiger partial charge in [-0.3, -0.25) is 14.5 Å². The molecule has 0 aliphatic carbocycles. The molecule has 1 aliphatic rings. The van der Waals surface area contributed by atoms with Gasteiger partial charge in [0, 0.05) is 35.0 Å². The topological polar surface area (TPSA) is 83.6 Å². The summed E-state index contributed by atoms with van der Waals surface area (Å²) in [6.45, 7) is 1.99. The molecule has 1 N–H and O–H groups in total. The average molecular weight is 491 g/mol. The number of hydrogen-bond acceptors (Lipinski definition) is 4. The van der Waals surface area contributed by atoms with Crippen LogP contribution in [-0.4, -0.2) is 31.7 Å². The molecule has 0 unspecified atom stereocenters. The number of rotatable bonds is 7. The van der Waals surface area contributed by atoms with Crippen LogP contribution < -0.4 is 4.72 Å². The van der Waals surface area contributed by atoms with Crippen molar-refractivity contribution >= 4 is 32.6 Å². The molecule has 3 aromatic rings. The molecule has 0 saturated heterocycles. The molecule has 0 spiro atoms. The Balaban J connectivity index is 1.67. The Kier molecular flexibility index (Phi) is 6.22. The number of benzene rings is 3. The molecule has 34 heavy (non-hydrogen) atoms. The van der Waals surface area contributed by atoms with Crippen molar-refractivity contribution in [1.29, 1.82) is 0 Å². The third kappa shape index (κ3) is 4.30. The zero-order valence-electron chi connectivity index (χ0n) is 18.1. The van der Waals surface area contributed by atoms with Gasteiger partial charge in [-0.15, -0.1) is 0 Å². The zero-order chi connectivity index (χ0) is 24.7. The van der Waals surface area contributed by atoms with E-state index in [1.54, 1.807) is 12.1 Å². The summed E-state index contributed by atoms with van der Waals surface area (Å²) >= 11 is 0. The summed E-state index contributed by atoms with van der Waals surface area (Å²) in [4.78, 5) is 27.0. The number of imide groups is 1. The van der Waals surface area contributed by atoms with Crippen molar-refractivity contribution in [3.8, 4) is 0 Å². The fraction of sp³-hybridized carbons (Fsp3) is 0.250. The van der Waals surface area contributed by atoms with Gasteiger partial charge in [0.15, 0.2) is 0 Å². The number of nitrogens with one attached hydrogen (secondary N) is 1. The summed E-state index contributed by atoms with van der Waals surface area (Å²) in [6, 6.07) is 11.5. The first-order chi connectivity index (χ1) is 16.0. The van der Waals surface area contributed by atoms with Crippen LogP contribution >= 0.6 is 0 Å². The predicted octanol–water partition coefficient (Wildman–Crippen LogP) is 4.73. The van der Waals surface area contributed by atoms with E-state index in [1.165, 1.54) is 35.2 Å². The van der Waals surface area contributed by atoms with Crippen LogP contribution in [0.3, 0.4) is 0 Å². The van der Waals surface area contributed by atoms with E-state index in [0.717, 1.165) is 18.6 Å². The Bertz CT molecular complexity index is 1360. The second-order valence-corrected chi connectivity index (χ2v) is 9.71. The predicted molar refractivity (Wildman–Crippen MR) is 120 cm³/mol. The molecule has 1 heterocycles. The van der Waals surface area contributed by atoms with E-state index >= 15 is 0 Å². The molecular weight excluding hydrogens is 469 g/mol. The zero-order valence-corrected chi connectivity index (χ0v) is 19.0. The molecule has 10 heteroatoms. The quantitative estimate of drug-likeness (QED) is 0.486. The summed E-state index contributed by atoms with van der Waals surface area (Å²) in [5.74, 6) is -0.937. The average Bonchev–Trinajstić information content (AvgIpc) is 2.80. The van der Waals surface area contributed by atoms with Crippen LogP contribution in [0.15, 0.2) is 59.5 Å². The maximum absolute atomic E-state index is 13.1. The van der Waals surface area contributed by atoms with E-state index < -0.39 is 33.6 Å². The molecular formula is C24H21F3N2O4S. The lowest BCUT2D eigenvalue weighted by molar-refractivity contribution is -0.137. The minimum atomic E-state index is -4.48. The maximum Gasteiger partial charge on any atom is 0.416 e. The van der Waals surface area contributed by atoms with Crippen molar-refractivity contribution in [3.63, 3.8) is 0 Å². The van der Waals surface area contributed by atoms with Gasteiger partial charge in [-0.05, 0) is 42.3 Å². The molecule has 0 fully saturated rings. The minimum absolute atomic E-state index is 0.123. The van der Waals surface area contributed by atoms with E-state index in [2.05, 4.69) is 4.72 Å². The van der Waals surface area contributed by atoms with Gasteiger partial charge < -0.3 is 0 Å². The standard InChI is InChI=1S/C24H21F3N2O4S/c1-2-3-13-29-22(30)18-6-4-5-17-20(12-11-19(21(17)18)23(29)31)34(32,33)28-14-15-7-9-16(10-8-15)24(25,26)27/h4-12,28H,2-3,13-14H2,1H3. The summed E-state index contributed by atoms with van der Waals surface area (Å²) in [6.07, 6.45) is -3.03. The molecule has 0 saturated carbocycles. The number of carbonyl (C=O) groups excluding carboxylic acids is 2. The number of halogens is 3. The van der Waals surface area contributed by atoms with Gasteiger partial charge in [-0.2, -0.15) is 13.2 Å². The summed E-state index contributed by atoms with van der Waals surface area (Å²) < 4.78 is 66.8. The van der Waals surface area contributed by atoms with Crippen molar-refractivity contribution < 1.29 is 31.2 Å². The van der Waals surface area contributed by atoms with Gasteiger partial charge in [0.25, 0.3) is 11.8 Å². The molecule has 178 valence electrons. The largest absolute Gasteiger partial charge is 0.416 e. The number of nitrogens with zero attached hydrogens (tertiary/aromatic N) is 1. The van der Waals surface area contributed by atoms with Gasteiger partial charge in [0.1, 0.15) is 0 Å². The van der Waals surface area contributed by atoms with Crippen LogP contribution in [0.4, 0.5) is 13.2 Å². The highest BCUT2D eigenvalue weighted by Gasteiger charge is 2.34. The number of hydrogen-bond donors (Lipinski definition) is 1. The molecule has 0 aromatic heterocycles. The Hall–Kier alpha value is -3.24. The fourth-order valence-corrected chi connectivity index (χ4v) is 5.16.